The van der Waals surface area contributed by atoms with Gasteiger partial charge in [-0.2, -0.15) is 23.3 Å². The molecule has 2 aromatic heterocycles. The van der Waals surface area contributed by atoms with Crippen molar-refractivity contribution in [2.75, 3.05) is 30.8 Å². The molecule has 0 amide bonds. The Morgan fingerprint density at radius 1 is 1.05 bits per heavy atom. The number of ether oxygens (including phenoxy) is 1. The van der Waals surface area contributed by atoms with Crippen molar-refractivity contribution in [2.24, 2.45) is 7.05 Å². The number of hydrogen-bond donors (Lipinski definition) is 2. The SMILES string of the molecule is Cc1cc(Nc2ncc(C(F)(F)F)c(Nc3cn(C)nc3S(=O)(=O)C(C)C)n2)c(OC2CC2)cc1C1CCN(C)CC1. The average molecular weight is 608 g/mol. The zero-order chi connectivity index (χ0) is 30.4. The third-order valence-corrected chi connectivity index (χ3v) is 9.71. The maximum Gasteiger partial charge on any atom is 0.421 e. The molecule has 3 aromatic rings. The standard InChI is InChI=1S/C28H36F3N7O3S/c1-16(2)42(39,40)26-23(15-38(5)36-26)33-25-21(28(29,30)31)14-32-27(35-25)34-22-12-17(3)20(13-24(22)41-19-6-7-19)18-8-10-37(4)11-9-18/h12-16,18-19H,6-11H2,1-5H3,(H2,32,33,34,35). The Morgan fingerprint density at radius 3 is 2.36 bits per heavy atom. The fraction of sp³-hybridized carbons (Fsp3) is 0.536. The molecular formula is C28H36F3N7O3S. The number of aryl methyl sites for hydroxylation is 2. The lowest BCUT2D eigenvalue weighted by Gasteiger charge is -2.30. The highest BCUT2D eigenvalue weighted by Gasteiger charge is 2.37. The Hall–Kier alpha value is -3.39. The van der Waals surface area contributed by atoms with Crippen molar-refractivity contribution >= 4 is 33.0 Å². The van der Waals surface area contributed by atoms with Gasteiger partial charge < -0.3 is 20.3 Å². The Morgan fingerprint density at radius 2 is 1.74 bits per heavy atom. The number of benzene rings is 1. The zero-order valence-corrected chi connectivity index (χ0v) is 25.1. The maximum atomic E-state index is 14.0. The van der Waals surface area contributed by atoms with Crippen LogP contribution in [0.3, 0.4) is 0 Å². The molecule has 228 valence electrons. The fourth-order valence-electron chi connectivity index (χ4n) is 5.00. The van der Waals surface area contributed by atoms with E-state index in [-0.39, 0.29) is 22.8 Å². The van der Waals surface area contributed by atoms with Crippen molar-refractivity contribution in [1.82, 2.24) is 24.6 Å². The number of aromatic nitrogens is 4. The number of piperidine rings is 1. The van der Waals surface area contributed by atoms with Gasteiger partial charge in [-0.05, 0) is 95.8 Å². The summed E-state index contributed by atoms with van der Waals surface area (Å²) < 4.78 is 75.1. The normalized spacial score (nSPS) is 17.1. The molecule has 0 unspecified atom stereocenters. The van der Waals surface area contributed by atoms with Crippen molar-refractivity contribution in [2.45, 2.75) is 74.9 Å². The molecule has 1 aliphatic carbocycles. The van der Waals surface area contributed by atoms with Gasteiger partial charge in [0.1, 0.15) is 17.1 Å². The Kier molecular flexibility index (Phi) is 8.14. The number of rotatable bonds is 9. The predicted octanol–water partition coefficient (Wildman–Crippen LogP) is 5.56. The third-order valence-electron chi connectivity index (χ3n) is 7.62. The molecule has 1 aromatic carbocycles. The van der Waals surface area contributed by atoms with Crippen LogP contribution in [0, 0.1) is 6.92 Å². The van der Waals surface area contributed by atoms with Crippen LogP contribution >= 0.6 is 0 Å². The maximum absolute atomic E-state index is 14.0. The highest BCUT2D eigenvalue weighted by Crippen LogP contribution is 2.41. The topological polar surface area (TPSA) is 114 Å². The summed E-state index contributed by atoms with van der Waals surface area (Å²) in [6, 6.07) is 3.96. The molecule has 14 heteroatoms. The van der Waals surface area contributed by atoms with E-state index in [2.05, 4.69) is 37.6 Å². The molecule has 0 radical (unpaired) electrons. The third kappa shape index (κ3) is 6.48. The van der Waals surface area contributed by atoms with Crippen molar-refractivity contribution in [3.8, 4) is 5.75 Å². The molecule has 0 spiro atoms. The highest BCUT2D eigenvalue weighted by atomic mass is 32.2. The first-order valence-corrected chi connectivity index (χ1v) is 15.5. The second kappa shape index (κ2) is 11.4. The van der Waals surface area contributed by atoms with Gasteiger partial charge in [-0.15, -0.1) is 0 Å². The van der Waals surface area contributed by atoms with Crippen LogP contribution in [-0.2, 0) is 23.1 Å². The van der Waals surface area contributed by atoms with Crippen molar-refractivity contribution in [3.63, 3.8) is 0 Å². The van der Waals surface area contributed by atoms with Crippen molar-refractivity contribution < 1.29 is 26.3 Å². The van der Waals surface area contributed by atoms with Gasteiger partial charge in [0.05, 0.1) is 22.7 Å². The number of sulfone groups is 1. The minimum absolute atomic E-state index is 0.0938. The van der Waals surface area contributed by atoms with Gasteiger partial charge >= 0.3 is 6.18 Å². The van der Waals surface area contributed by atoms with E-state index in [1.165, 1.54) is 37.3 Å². The summed E-state index contributed by atoms with van der Waals surface area (Å²) in [4.78, 5) is 10.4. The van der Waals surface area contributed by atoms with E-state index in [0.29, 0.717) is 23.6 Å². The second-order valence-corrected chi connectivity index (χ2v) is 13.8. The van der Waals surface area contributed by atoms with Crippen LogP contribution in [0.25, 0.3) is 0 Å². The quantitative estimate of drug-likeness (QED) is 0.323. The minimum atomic E-state index is -4.80. The molecule has 3 heterocycles. The second-order valence-electron chi connectivity index (χ2n) is 11.4. The van der Waals surface area contributed by atoms with E-state index in [0.717, 1.165) is 44.3 Å². The number of anilines is 4. The van der Waals surface area contributed by atoms with Crippen molar-refractivity contribution in [3.05, 3.63) is 41.2 Å². The van der Waals surface area contributed by atoms with Gasteiger partial charge in [0.15, 0.2) is 0 Å². The molecule has 2 fully saturated rings. The Labute approximate surface area is 243 Å². The molecule has 1 saturated heterocycles. The molecule has 42 heavy (non-hydrogen) atoms. The van der Waals surface area contributed by atoms with Gasteiger partial charge in [-0.3, -0.25) is 4.68 Å². The fourth-order valence-corrected chi connectivity index (χ4v) is 6.10. The monoisotopic (exact) mass is 607 g/mol. The summed E-state index contributed by atoms with van der Waals surface area (Å²) in [5.41, 5.74) is 1.53. The molecule has 10 nitrogen and oxygen atoms in total. The van der Waals surface area contributed by atoms with Crippen LogP contribution in [0.2, 0.25) is 0 Å². The van der Waals surface area contributed by atoms with Crippen LogP contribution in [0.4, 0.5) is 36.3 Å². The number of nitrogens with one attached hydrogen (secondary N) is 2. The summed E-state index contributed by atoms with van der Waals surface area (Å²) in [7, 11) is -0.299. The van der Waals surface area contributed by atoms with E-state index in [1.807, 2.05) is 19.1 Å². The molecule has 2 N–H and O–H groups in total. The molecular weight excluding hydrogens is 571 g/mol. The lowest BCUT2D eigenvalue weighted by Crippen LogP contribution is -2.29. The summed E-state index contributed by atoms with van der Waals surface area (Å²) in [5, 5.41) is 8.43. The summed E-state index contributed by atoms with van der Waals surface area (Å²) >= 11 is 0. The van der Waals surface area contributed by atoms with Crippen molar-refractivity contribution in [1.29, 1.82) is 0 Å². The lowest BCUT2D eigenvalue weighted by molar-refractivity contribution is -0.137. The number of alkyl halides is 3. The van der Waals surface area contributed by atoms with E-state index in [4.69, 9.17) is 4.74 Å². The van der Waals surface area contributed by atoms with E-state index in [1.54, 1.807) is 0 Å². The molecule has 2 aliphatic rings. The zero-order valence-electron chi connectivity index (χ0n) is 24.3. The lowest BCUT2D eigenvalue weighted by atomic mass is 9.86. The van der Waals surface area contributed by atoms with Gasteiger partial charge in [0, 0.05) is 19.4 Å². The van der Waals surface area contributed by atoms with Crippen LogP contribution in [0.1, 0.15) is 62.1 Å². The molecule has 0 bridgehead atoms. The first-order valence-electron chi connectivity index (χ1n) is 14.0. The van der Waals surface area contributed by atoms with Crippen LogP contribution in [0.5, 0.6) is 5.75 Å². The molecule has 0 atom stereocenters. The van der Waals surface area contributed by atoms with E-state index < -0.39 is 32.6 Å². The van der Waals surface area contributed by atoms with Crippen LogP contribution in [-0.4, -0.2) is 64.6 Å². The Balaban J connectivity index is 1.50. The summed E-state index contributed by atoms with van der Waals surface area (Å²) in [6.07, 6.45) is 1.22. The van der Waals surface area contributed by atoms with Crippen LogP contribution < -0.4 is 15.4 Å². The number of nitrogens with zero attached hydrogens (tertiary/aromatic N) is 5. The highest BCUT2D eigenvalue weighted by molar-refractivity contribution is 7.92. The largest absolute Gasteiger partial charge is 0.488 e. The summed E-state index contributed by atoms with van der Waals surface area (Å²) in [6.45, 7) is 6.98. The smallest absolute Gasteiger partial charge is 0.421 e. The Bertz CT molecular complexity index is 1560. The van der Waals surface area contributed by atoms with E-state index >= 15 is 0 Å². The minimum Gasteiger partial charge on any atom is -0.488 e. The number of halogens is 3. The molecule has 1 aliphatic heterocycles. The van der Waals surface area contributed by atoms with Gasteiger partial charge in [0.25, 0.3) is 0 Å². The van der Waals surface area contributed by atoms with Gasteiger partial charge in [-0.1, -0.05) is 0 Å². The van der Waals surface area contributed by atoms with Gasteiger partial charge in [0.2, 0.25) is 20.8 Å². The van der Waals surface area contributed by atoms with Gasteiger partial charge in [-0.25, -0.2) is 13.4 Å². The molecule has 1 saturated carbocycles. The van der Waals surface area contributed by atoms with Crippen LogP contribution in [0.15, 0.2) is 29.6 Å². The molecule has 5 rings (SSSR count). The first kappa shape index (κ1) is 30.1. The predicted molar refractivity (Wildman–Crippen MR) is 153 cm³/mol. The number of likely N-dealkylation sites (tertiary alicyclic amines) is 1. The average Bonchev–Trinajstić information content (AvgIpc) is 3.64. The van der Waals surface area contributed by atoms with E-state index in [9.17, 15) is 21.6 Å². The number of hydrogen-bond acceptors (Lipinski definition) is 9. The first-order chi connectivity index (χ1) is 19.7. The summed E-state index contributed by atoms with van der Waals surface area (Å²) in [5.74, 6) is 0.297.